The summed E-state index contributed by atoms with van der Waals surface area (Å²) in [5.41, 5.74) is 1.86. The summed E-state index contributed by atoms with van der Waals surface area (Å²) in [6.45, 7) is 6.19. The summed E-state index contributed by atoms with van der Waals surface area (Å²) in [6, 6.07) is 4.74. The molecule has 0 aliphatic carbocycles. The molecule has 2 rings (SSSR count). The van der Waals surface area contributed by atoms with E-state index in [9.17, 15) is 24.0 Å². The third-order valence-electron chi connectivity index (χ3n) is 4.03. The summed E-state index contributed by atoms with van der Waals surface area (Å²) in [6.07, 6.45) is 0.170. The van der Waals surface area contributed by atoms with E-state index in [2.05, 4.69) is 22.5 Å². The van der Waals surface area contributed by atoms with Crippen LogP contribution in [-0.4, -0.2) is 49.4 Å². The number of carbonyl (C=O) groups is 5. The van der Waals surface area contributed by atoms with Crippen LogP contribution in [0.3, 0.4) is 0 Å². The first-order valence-electron chi connectivity index (χ1n) is 9.23. The number of amides is 3. The van der Waals surface area contributed by atoms with Crippen LogP contribution in [0.15, 0.2) is 30.4 Å². The van der Waals surface area contributed by atoms with Crippen molar-refractivity contribution in [1.29, 1.82) is 0 Å². The van der Waals surface area contributed by atoms with Crippen molar-refractivity contribution in [3.8, 4) is 0 Å². The van der Waals surface area contributed by atoms with Gasteiger partial charge in [-0.25, -0.2) is 4.79 Å². The second-order valence-corrected chi connectivity index (χ2v) is 6.48. The van der Waals surface area contributed by atoms with Gasteiger partial charge in [0.15, 0.2) is 0 Å². The minimum Gasteiger partial charge on any atom is -0.465 e. The molecule has 0 radical (unpaired) electrons. The fraction of sp³-hybridized carbons (Fsp3) is 0.350. The van der Waals surface area contributed by atoms with Crippen LogP contribution in [0.25, 0.3) is 0 Å². The molecule has 1 aromatic rings. The number of rotatable bonds is 9. The zero-order chi connectivity index (χ0) is 22.3. The molecule has 0 saturated heterocycles. The van der Waals surface area contributed by atoms with E-state index in [1.165, 1.54) is 6.92 Å². The minimum absolute atomic E-state index is 0.0151. The third kappa shape index (κ3) is 5.90. The number of ether oxygens (including phenoxy) is 2. The van der Waals surface area contributed by atoms with Crippen molar-refractivity contribution in [2.45, 2.75) is 20.3 Å². The van der Waals surface area contributed by atoms with Crippen LogP contribution in [0.4, 0.5) is 11.4 Å². The van der Waals surface area contributed by atoms with Crippen LogP contribution in [0, 0.1) is 5.92 Å². The van der Waals surface area contributed by atoms with Crippen molar-refractivity contribution in [1.82, 2.24) is 5.32 Å². The monoisotopic (exact) mass is 417 g/mol. The van der Waals surface area contributed by atoms with Crippen molar-refractivity contribution in [2.75, 3.05) is 30.4 Å². The van der Waals surface area contributed by atoms with Gasteiger partial charge in [-0.05, 0) is 37.6 Å². The number of benzene rings is 1. The molecule has 0 bridgehead atoms. The summed E-state index contributed by atoms with van der Waals surface area (Å²) in [5.74, 6) is -5.32. The fourth-order valence-corrected chi connectivity index (χ4v) is 2.62. The van der Waals surface area contributed by atoms with Crippen molar-refractivity contribution in [2.24, 2.45) is 5.92 Å². The molecule has 1 atom stereocenters. The number of nitrogens with one attached hydrogen (secondary N) is 3. The Morgan fingerprint density at radius 2 is 1.93 bits per heavy atom. The topological polar surface area (TPSA) is 140 Å². The zero-order valence-corrected chi connectivity index (χ0v) is 16.7. The van der Waals surface area contributed by atoms with Crippen LogP contribution in [-0.2, 0) is 39.9 Å². The van der Waals surface area contributed by atoms with Gasteiger partial charge in [0, 0.05) is 16.9 Å². The van der Waals surface area contributed by atoms with Gasteiger partial charge in [-0.3, -0.25) is 19.2 Å². The molecule has 0 spiro atoms. The van der Waals surface area contributed by atoms with Gasteiger partial charge in [0.25, 0.3) is 0 Å². The van der Waals surface area contributed by atoms with Gasteiger partial charge in [-0.1, -0.05) is 6.58 Å². The van der Waals surface area contributed by atoms with Crippen LogP contribution in [0.1, 0.15) is 19.4 Å². The van der Waals surface area contributed by atoms with Crippen LogP contribution < -0.4 is 16.0 Å². The molecule has 3 N–H and O–H groups in total. The molecule has 0 saturated carbocycles. The average molecular weight is 417 g/mol. The largest absolute Gasteiger partial charge is 0.465 e. The molecule has 10 nitrogen and oxygen atoms in total. The lowest BCUT2D eigenvalue weighted by Crippen LogP contribution is -2.44. The number of hydrogen-bond acceptors (Lipinski definition) is 7. The van der Waals surface area contributed by atoms with Gasteiger partial charge < -0.3 is 25.4 Å². The molecule has 0 aromatic heterocycles. The van der Waals surface area contributed by atoms with E-state index in [4.69, 9.17) is 9.47 Å². The summed E-state index contributed by atoms with van der Waals surface area (Å²) in [4.78, 5) is 60.0. The first-order chi connectivity index (χ1) is 14.2. The maximum absolute atomic E-state index is 12.6. The van der Waals surface area contributed by atoms with E-state index >= 15 is 0 Å². The Bertz CT molecular complexity index is 894. The van der Waals surface area contributed by atoms with Gasteiger partial charge >= 0.3 is 11.9 Å². The summed E-state index contributed by atoms with van der Waals surface area (Å²) < 4.78 is 9.68. The van der Waals surface area contributed by atoms with E-state index in [1.807, 2.05) is 0 Å². The second kappa shape index (κ2) is 10.2. The van der Waals surface area contributed by atoms with E-state index in [-0.39, 0.29) is 37.7 Å². The van der Waals surface area contributed by atoms with Gasteiger partial charge in [0.05, 0.1) is 19.6 Å². The molecular weight excluding hydrogens is 394 g/mol. The lowest BCUT2D eigenvalue weighted by molar-refractivity contribution is -0.155. The maximum Gasteiger partial charge on any atom is 0.333 e. The molecule has 10 heteroatoms. The van der Waals surface area contributed by atoms with Crippen LogP contribution in [0.2, 0.25) is 0 Å². The highest BCUT2D eigenvalue weighted by molar-refractivity contribution is 6.19. The van der Waals surface area contributed by atoms with Gasteiger partial charge in [-0.2, -0.15) is 0 Å². The number of esters is 2. The normalized spacial score (nSPS) is 12.8. The van der Waals surface area contributed by atoms with Crippen LogP contribution in [0.5, 0.6) is 0 Å². The first kappa shape index (κ1) is 22.6. The lowest BCUT2D eigenvalue weighted by atomic mass is 10.1. The minimum atomic E-state index is -1.75. The number of anilines is 2. The Morgan fingerprint density at radius 3 is 2.60 bits per heavy atom. The van der Waals surface area contributed by atoms with Crippen molar-refractivity contribution in [3.63, 3.8) is 0 Å². The second-order valence-electron chi connectivity index (χ2n) is 6.48. The number of fused-ring (bicyclic) bond motifs is 1. The molecule has 3 amide bonds. The van der Waals surface area contributed by atoms with E-state index in [0.717, 1.165) is 0 Å². The highest BCUT2D eigenvalue weighted by Gasteiger charge is 2.35. The Morgan fingerprint density at radius 1 is 1.20 bits per heavy atom. The SMILES string of the molecule is C=C(C)C(=O)OCCNC(=O)C(C(=O)Nc1ccc2c(c1)CC(=O)N2)C(=O)OCC. The highest BCUT2D eigenvalue weighted by Crippen LogP contribution is 2.26. The fourth-order valence-electron chi connectivity index (χ4n) is 2.62. The Balaban J connectivity index is 2.02. The quantitative estimate of drug-likeness (QED) is 0.230. The molecular formula is C20H23N3O7. The lowest BCUT2D eigenvalue weighted by Gasteiger charge is -2.16. The summed E-state index contributed by atoms with van der Waals surface area (Å²) >= 11 is 0. The number of carbonyl (C=O) groups excluding carboxylic acids is 5. The molecule has 1 aromatic carbocycles. The highest BCUT2D eigenvalue weighted by atomic mass is 16.5. The molecule has 160 valence electrons. The summed E-state index contributed by atoms with van der Waals surface area (Å²) in [7, 11) is 0. The molecule has 0 fully saturated rings. The van der Waals surface area contributed by atoms with Crippen molar-refractivity contribution in [3.05, 3.63) is 35.9 Å². The smallest absolute Gasteiger partial charge is 0.333 e. The van der Waals surface area contributed by atoms with Gasteiger partial charge in [0.2, 0.25) is 23.6 Å². The third-order valence-corrected chi connectivity index (χ3v) is 4.03. The molecule has 1 unspecified atom stereocenters. The summed E-state index contributed by atoms with van der Waals surface area (Å²) in [5, 5.41) is 7.53. The molecule has 1 aliphatic rings. The van der Waals surface area contributed by atoms with Crippen molar-refractivity contribution >= 4 is 41.0 Å². The maximum atomic E-state index is 12.6. The Kier molecular flexibility index (Phi) is 7.68. The zero-order valence-electron chi connectivity index (χ0n) is 16.7. The molecule has 1 heterocycles. The Hall–Kier alpha value is -3.69. The standard InChI is InChI=1S/C20H23N3O7/c1-4-29-20(28)16(17(25)21-7-8-30-19(27)11(2)3)18(26)22-13-5-6-14-12(9-13)10-15(24)23-14/h5-6,9,16H,2,4,7-8,10H2,1,3H3,(H,21,25)(H,22,26)(H,23,24). The predicted octanol–water partition coefficient (Wildman–Crippen LogP) is 0.534. The number of hydrogen-bond donors (Lipinski definition) is 3. The van der Waals surface area contributed by atoms with Gasteiger partial charge in [0.1, 0.15) is 6.61 Å². The van der Waals surface area contributed by atoms with E-state index in [0.29, 0.717) is 16.9 Å². The van der Waals surface area contributed by atoms with Crippen LogP contribution >= 0.6 is 0 Å². The van der Waals surface area contributed by atoms with Gasteiger partial charge in [-0.15, -0.1) is 0 Å². The molecule has 1 aliphatic heterocycles. The van der Waals surface area contributed by atoms with E-state index < -0.39 is 29.7 Å². The van der Waals surface area contributed by atoms with E-state index in [1.54, 1.807) is 25.1 Å². The predicted molar refractivity (Wildman–Crippen MR) is 106 cm³/mol. The Labute approximate surface area is 173 Å². The first-order valence-corrected chi connectivity index (χ1v) is 9.23. The molecule has 30 heavy (non-hydrogen) atoms. The van der Waals surface area contributed by atoms with Crippen molar-refractivity contribution < 1.29 is 33.4 Å². The average Bonchev–Trinajstić information content (AvgIpc) is 3.04.